The second-order valence-corrected chi connectivity index (χ2v) is 4.49. The predicted molar refractivity (Wildman–Crippen MR) is 84.1 cm³/mol. The van der Waals surface area contributed by atoms with E-state index in [4.69, 9.17) is 4.74 Å². The molecule has 0 saturated carbocycles. The van der Waals surface area contributed by atoms with Gasteiger partial charge in [0.05, 0.1) is 7.11 Å². The lowest BCUT2D eigenvalue weighted by atomic mass is 10.1. The molecule has 1 unspecified atom stereocenters. The Bertz CT molecular complexity index is 397. The SMILES string of the molecule is CCNCC(O)COc1ccc(CCC(=O)OC)cc1.Cl. The third-order valence-electron chi connectivity index (χ3n) is 2.84. The van der Waals surface area contributed by atoms with Gasteiger partial charge in [-0.3, -0.25) is 4.79 Å². The van der Waals surface area contributed by atoms with E-state index in [0.29, 0.717) is 25.1 Å². The molecule has 0 aliphatic heterocycles. The molecule has 0 fully saturated rings. The Balaban J connectivity index is 0.00000400. The number of hydrogen-bond donors (Lipinski definition) is 2. The van der Waals surface area contributed by atoms with Crippen LogP contribution in [-0.2, 0) is 16.0 Å². The number of carbonyl (C=O) groups excluding carboxylic acids is 1. The summed E-state index contributed by atoms with van der Waals surface area (Å²) in [4.78, 5) is 11.0. The largest absolute Gasteiger partial charge is 0.491 e. The van der Waals surface area contributed by atoms with Crippen molar-refractivity contribution in [1.82, 2.24) is 5.32 Å². The fourth-order valence-corrected chi connectivity index (χ4v) is 1.66. The zero-order valence-corrected chi connectivity index (χ0v) is 13.3. The highest BCUT2D eigenvalue weighted by Crippen LogP contribution is 2.13. The second kappa shape index (κ2) is 11.4. The molecule has 1 aromatic rings. The molecule has 0 radical (unpaired) electrons. The molecule has 6 heteroatoms. The van der Waals surface area contributed by atoms with Gasteiger partial charge in [0.15, 0.2) is 0 Å². The van der Waals surface area contributed by atoms with Gasteiger partial charge in [-0.15, -0.1) is 12.4 Å². The molecule has 5 nitrogen and oxygen atoms in total. The van der Waals surface area contributed by atoms with Crippen LogP contribution in [0.1, 0.15) is 18.9 Å². The van der Waals surface area contributed by atoms with Crippen molar-refractivity contribution in [2.45, 2.75) is 25.9 Å². The summed E-state index contributed by atoms with van der Waals surface area (Å²) in [5, 5.41) is 12.7. The standard InChI is InChI=1S/C15H23NO4.ClH/c1-3-16-10-13(17)11-20-14-7-4-12(5-8-14)6-9-15(18)19-2;/h4-5,7-8,13,16-17H,3,6,9-11H2,1-2H3;1H. The van der Waals surface area contributed by atoms with E-state index in [1.54, 1.807) is 0 Å². The van der Waals surface area contributed by atoms with Gasteiger partial charge in [-0.2, -0.15) is 0 Å². The van der Waals surface area contributed by atoms with Crippen molar-refractivity contribution in [3.05, 3.63) is 29.8 Å². The number of aliphatic hydroxyl groups excluding tert-OH is 1. The predicted octanol–water partition coefficient (Wildman–Crippen LogP) is 1.56. The molecular formula is C15H24ClNO4. The summed E-state index contributed by atoms with van der Waals surface area (Å²) < 4.78 is 10.1. The van der Waals surface area contributed by atoms with E-state index in [-0.39, 0.29) is 25.0 Å². The van der Waals surface area contributed by atoms with E-state index in [1.165, 1.54) is 7.11 Å². The molecule has 120 valence electrons. The first kappa shape index (κ1) is 19.7. The molecular weight excluding hydrogens is 294 g/mol. The van der Waals surface area contributed by atoms with Crippen LogP contribution in [-0.4, -0.2) is 44.0 Å². The summed E-state index contributed by atoms with van der Waals surface area (Å²) in [6.07, 6.45) is 0.502. The lowest BCUT2D eigenvalue weighted by molar-refractivity contribution is -0.140. The first-order valence-electron chi connectivity index (χ1n) is 6.83. The Labute approximate surface area is 132 Å². The lowest BCUT2D eigenvalue weighted by Crippen LogP contribution is -2.31. The van der Waals surface area contributed by atoms with E-state index in [1.807, 2.05) is 31.2 Å². The van der Waals surface area contributed by atoms with Crippen LogP contribution in [0.15, 0.2) is 24.3 Å². The maximum atomic E-state index is 11.0. The van der Waals surface area contributed by atoms with E-state index < -0.39 is 6.10 Å². The van der Waals surface area contributed by atoms with E-state index in [2.05, 4.69) is 10.1 Å². The monoisotopic (exact) mass is 317 g/mol. The van der Waals surface area contributed by atoms with Gasteiger partial charge in [-0.05, 0) is 30.7 Å². The Morgan fingerprint density at radius 3 is 2.57 bits per heavy atom. The number of benzene rings is 1. The van der Waals surface area contributed by atoms with Crippen LogP contribution in [0.25, 0.3) is 0 Å². The normalized spacial score (nSPS) is 11.4. The van der Waals surface area contributed by atoms with Crippen molar-refractivity contribution in [3.63, 3.8) is 0 Å². The topological polar surface area (TPSA) is 67.8 Å². The fourth-order valence-electron chi connectivity index (χ4n) is 1.66. The minimum atomic E-state index is -0.519. The third kappa shape index (κ3) is 8.55. The molecule has 0 aliphatic carbocycles. The Morgan fingerprint density at radius 1 is 1.33 bits per heavy atom. The van der Waals surface area contributed by atoms with Crippen molar-refractivity contribution < 1.29 is 19.4 Å². The minimum absolute atomic E-state index is 0. The molecule has 1 atom stereocenters. The molecule has 21 heavy (non-hydrogen) atoms. The molecule has 0 saturated heterocycles. The number of likely N-dealkylation sites (N-methyl/N-ethyl adjacent to an activating group) is 1. The highest BCUT2D eigenvalue weighted by Gasteiger charge is 2.05. The van der Waals surface area contributed by atoms with Crippen LogP contribution >= 0.6 is 12.4 Å². The number of esters is 1. The fraction of sp³-hybridized carbons (Fsp3) is 0.533. The molecule has 0 heterocycles. The Hall–Kier alpha value is -1.30. The summed E-state index contributed by atoms with van der Waals surface area (Å²) in [6.45, 7) is 3.59. The number of nitrogens with one attached hydrogen (secondary N) is 1. The van der Waals surface area contributed by atoms with Crippen LogP contribution in [0, 0.1) is 0 Å². The van der Waals surface area contributed by atoms with Gasteiger partial charge < -0.3 is 19.9 Å². The van der Waals surface area contributed by atoms with E-state index in [9.17, 15) is 9.90 Å². The summed E-state index contributed by atoms with van der Waals surface area (Å²) in [6, 6.07) is 7.50. The van der Waals surface area contributed by atoms with Crippen molar-refractivity contribution in [1.29, 1.82) is 0 Å². The average molecular weight is 318 g/mol. The molecule has 0 aromatic heterocycles. The summed E-state index contributed by atoms with van der Waals surface area (Å²) >= 11 is 0. The van der Waals surface area contributed by atoms with Crippen LogP contribution in [0.4, 0.5) is 0 Å². The number of rotatable bonds is 9. The van der Waals surface area contributed by atoms with Gasteiger partial charge in [0.1, 0.15) is 18.5 Å². The summed E-state index contributed by atoms with van der Waals surface area (Å²) in [5.41, 5.74) is 1.05. The van der Waals surface area contributed by atoms with Crippen LogP contribution in [0.5, 0.6) is 5.75 Å². The Kier molecular flexibility index (Phi) is 10.7. The van der Waals surface area contributed by atoms with Crippen molar-refractivity contribution in [2.24, 2.45) is 0 Å². The smallest absolute Gasteiger partial charge is 0.305 e. The molecule has 0 aliphatic rings. The summed E-state index contributed by atoms with van der Waals surface area (Å²) in [5.74, 6) is 0.499. The number of aliphatic hydroxyl groups is 1. The van der Waals surface area contributed by atoms with Gasteiger partial charge in [0, 0.05) is 13.0 Å². The number of methoxy groups -OCH3 is 1. The van der Waals surface area contributed by atoms with E-state index >= 15 is 0 Å². The molecule has 1 rings (SSSR count). The Morgan fingerprint density at radius 2 is 2.00 bits per heavy atom. The van der Waals surface area contributed by atoms with Crippen molar-refractivity contribution in [2.75, 3.05) is 26.8 Å². The second-order valence-electron chi connectivity index (χ2n) is 4.49. The van der Waals surface area contributed by atoms with Crippen molar-refractivity contribution in [3.8, 4) is 5.75 Å². The van der Waals surface area contributed by atoms with Gasteiger partial charge in [-0.1, -0.05) is 19.1 Å². The summed E-state index contributed by atoms with van der Waals surface area (Å²) in [7, 11) is 1.39. The number of halogens is 1. The van der Waals surface area contributed by atoms with Gasteiger partial charge in [-0.25, -0.2) is 0 Å². The minimum Gasteiger partial charge on any atom is -0.491 e. The van der Waals surface area contributed by atoms with Gasteiger partial charge in [0.2, 0.25) is 0 Å². The molecule has 0 amide bonds. The quantitative estimate of drug-likeness (QED) is 0.677. The lowest BCUT2D eigenvalue weighted by Gasteiger charge is -2.12. The first-order valence-corrected chi connectivity index (χ1v) is 6.83. The highest BCUT2D eigenvalue weighted by molar-refractivity contribution is 5.85. The average Bonchev–Trinajstić information content (AvgIpc) is 2.49. The molecule has 1 aromatic carbocycles. The molecule has 0 spiro atoms. The van der Waals surface area contributed by atoms with Crippen LogP contribution in [0.2, 0.25) is 0 Å². The number of carbonyl (C=O) groups is 1. The zero-order chi connectivity index (χ0) is 14.8. The van der Waals surface area contributed by atoms with Gasteiger partial charge in [0.25, 0.3) is 0 Å². The number of hydrogen-bond acceptors (Lipinski definition) is 5. The highest BCUT2D eigenvalue weighted by atomic mass is 35.5. The maximum absolute atomic E-state index is 11.0. The van der Waals surface area contributed by atoms with Crippen molar-refractivity contribution >= 4 is 18.4 Å². The number of aryl methyl sites for hydroxylation is 1. The maximum Gasteiger partial charge on any atom is 0.305 e. The molecule has 2 N–H and O–H groups in total. The van der Waals surface area contributed by atoms with Crippen LogP contribution < -0.4 is 10.1 Å². The third-order valence-corrected chi connectivity index (χ3v) is 2.84. The first-order chi connectivity index (χ1) is 9.65. The van der Waals surface area contributed by atoms with Crippen LogP contribution in [0.3, 0.4) is 0 Å². The van der Waals surface area contributed by atoms with Gasteiger partial charge >= 0.3 is 5.97 Å². The molecule has 0 bridgehead atoms. The number of ether oxygens (including phenoxy) is 2. The van der Waals surface area contributed by atoms with E-state index in [0.717, 1.165) is 12.1 Å². The zero-order valence-electron chi connectivity index (χ0n) is 12.5.